The molecule has 1 rings (SSSR count). The Kier molecular flexibility index (Phi) is 1.93. The lowest BCUT2D eigenvalue weighted by molar-refractivity contribution is -0.120. The van der Waals surface area contributed by atoms with Gasteiger partial charge in [-0.2, -0.15) is 0 Å². The van der Waals surface area contributed by atoms with Gasteiger partial charge in [-0.15, -0.1) is 0 Å². The fraction of sp³-hybridized carbons (Fsp3) is 0.800. The van der Waals surface area contributed by atoms with E-state index in [1.165, 1.54) is 4.42 Å². The van der Waals surface area contributed by atoms with Crippen molar-refractivity contribution in [3.8, 4) is 0 Å². The number of carbonyl (C=O) groups is 1. The zero-order valence-electron chi connectivity index (χ0n) is 5.01. The van der Waals surface area contributed by atoms with Crippen LogP contribution in [0.4, 0.5) is 0 Å². The highest BCUT2D eigenvalue weighted by Gasteiger charge is 2.27. The van der Waals surface area contributed by atoms with Crippen molar-refractivity contribution in [1.82, 2.24) is 4.42 Å². The number of halogens is 1. The number of nitrogens with zero attached hydrogens (tertiary/aromatic N) is 1. The van der Waals surface area contributed by atoms with Crippen LogP contribution in [0.5, 0.6) is 0 Å². The van der Waals surface area contributed by atoms with E-state index in [1.807, 2.05) is 0 Å². The molecule has 0 aromatic rings. The predicted molar refractivity (Wildman–Crippen MR) is 34.8 cm³/mol. The number of hydrogen-bond acceptors (Lipinski definition) is 2. The van der Waals surface area contributed by atoms with E-state index >= 15 is 0 Å². The van der Waals surface area contributed by atoms with Crippen molar-refractivity contribution in [1.29, 1.82) is 0 Å². The van der Waals surface area contributed by atoms with Gasteiger partial charge < -0.3 is 5.73 Å². The summed E-state index contributed by atoms with van der Waals surface area (Å²) in [5.41, 5.74) is 5.02. The van der Waals surface area contributed by atoms with Crippen molar-refractivity contribution in [3.63, 3.8) is 0 Å². The lowest BCUT2D eigenvalue weighted by Gasteiger charge is -2.10. The molecule has 2 N–H and O–H groups in total. The summed E-state index contributed by atoms with van der Waals surface area (Å²) in [5.74, 6) is -0.317. The van der Waals surface area contributed by atoms with Crippen LogP contribution in [0.1, 0.15) is 12.8 Å². The Morgan fingerprint density at radius 3 is 2.67 bits per heavy atom. The quantitative estimate of drug-likeness (QED) is 0.536. The van der Waals surface area contributed by atoms with Gasteiger partial charge in [0.2, 0.25) is 5.91 Å². The summed E-state index contributed by atoms with van der Waals surface area (Å²) in [7, 11) is 0. The Labute approximate surface area is 58.9 Å². The fourth-order valence-electron chi connectivity index (χ4n) is 1.01. The van der Waals surface area contributed by atoms with Crippen molar-refractivity contribution < 1.29 is 4.79 Å². The zero-order chi connectivity index (χ0) is 6.85. The van der Waals surface area contributed by atoms with Crippen molar-refractivity contribution in [3.05, 3.63) is 0 Å². The number of rotatable bonds is 1. The van der Waals surface area contributed by atoms with E-state index in [-0.39, 0.29) is 11.9 Å². The minimum Gasteiger partial charge on any atom is -0.368 e. The minimum absolute atomic E-state index is 0.230. The second-order valence-electron chi connectivity index (χ2n) is 2.18. The van der Waals surface area contributed by atoms with Crippen LogP contribution in [-0.2, 0) is 4.79 Å². The molecule has 52 valence electrons. The topological polar surface area (TPSA) is 46.3 Å². The largest absolute Gasteiger partial charge is 0.368 e. The van der Waals surface area contributed by atoms with Gasteiger partial charge in [-0.3, -0.25) is 4.79 Å². The molecular weight excluding hydrogens is 140 g/mol. The van der Waals surface area contributed by atoms with Gasteiger partial charge in [0, 0.05) is 6.54 Å². The van der Waals surface area contributed by atoms with Crippen molar-refractivity contribution >= 4 is 17.7 Å². The van der Waals surface area contributed by atoms with Crippen LogP contribution >= 0.6 is 11.8 Å². The molecule has 1 heterocycles. The van der Waals surface area contributed by atoms with E-state index in [0.717, 1.165) is 19.4 Å². The summed E-state index contributed by atoms with van der Waals surface area (Å²) in [6.45, 7) is 0.773. The first-order valence-electron chi connectivity index (χ1n) is 2.93. The van der Waals surface area contributed by atoms with Crippen LogP contribution in [0, 0.1) is 0 Å². The molecule has 1 aliphatic rings. The van der Waals surface area contributed by atoms with Gasteiger partial charge in [-0.1, -0.05) is 0 Å². The normalized spacial score (nSPS) is 28.8. The first-order chi connectivity index (χ1) is 4.22. The van der Waals surface area contributed by atoms with Crippen LogP contribution in [0.15, 0.2) is 0 Å². The highest BCUT2D eigenvalue weighted by atomic mass is 35.5. The SMILES string of the molecule is NC(=O)[C@@H]1CCCN1Cl. The summed E-state index contributed by atoms with van der Waals surface area (Å²) < 4.78 is 1.47. The van der Waals surface area contributed by atoms with E-state index in [4.69, 9.17) is 17.5 Å². The van der Waals surface area contributed by atoms with Gasteiger partial charge >= 0.3 is 0 Å². The molecule has 1 amide bonds. The van der Waals surface area contributed by atoms with Crippen LogP contribution in [0.25, 0.3) is 0 Å². The molecule has 0 radical (unpaired) electrons. The first-order valence-corrected chi connectivity index (χ1v) is 3.27. The van der Waals surface area contributed by atoms with Crippen LogP contribution < -0.4 is 5.73 Å². The highest BCUT2D eigenvalue weighted by Crippen LogP contribution is 2.17. The Hall–Kier alpha value is -0.280. The standard InChI is InChI=1S/C5H9ClN2O/c6-8-3-1-2-4(8)5(7)9/h4H,1-3H2,(H2,7,9)/t4-/m0/s1. The lowest BCUT2D eigenvalue weighted by atomic mass is 10.2. The van der Waals surface area contributed by atoms with E-state index in [1.54, 1.807) is 0 Å². The van der Waals surface area contributed by atoms with Crippen molar-refractivity contribution in [2.24, 2.45) is 5.73 Å². The third-order valence-electron chi connectivity index (χ3n) is 1.52. The third kappa shape index (κ3) is 1.34. The Balaban J connectivity index is 2.49. The monoisotopic (exact) mass is 148 g/mol. The molecule has 0 unspecified atom stereocenters. The summed E-state index contributed by atoms with van der Waals surface area (Å²) >= 11 is 5.61. The van der Waals surface area contributed by atoms with Crippen LogP contribution in [0.3, 0.4) is 0 Å². The summed E-state index contributed by atoms with van der Waals surface area (Å²) in [6.07, 6.45) is 1.77. The van der Waals surface area contributed by atoms with Crippen LogP contribution in [0.2, 0.25) is 0 Å². The number of hydrogen-bond donors (Lipinski definition) is 1. The average molecular weight is 149 g/mol. The molecule has 0 spiro atoms. The molecule has 1 aliphatic heterocycles. The molecule has 3 nitrogen and oxygen atoms in total. The van der Waals surface area contributed by atoms with E-state index in [9.17, 15) is 4.79 Å². The molecule has 0 bridgehead atoms. The van der Waals surface area contributed by atoms with Gasteiger partial charge in [0.15, 0.2) is 0 Å². The molecule has 1 fully saturated rings. The molecule has 9 heavy (non-hydrogen) atoms. The molecule has 0 aromatic carbocycles. The Morgan fingerprint density at radius 2 is 2.44 bits per heavy atom. The summed E-state index contributed by atoms with van der Waals surface area (Å²) in [6, 6.07) is -0.230. The number of carbonyl (C=O) groups excluding carboxylic acids is 1. The number of amides is 1. The molecule has 1 saturated heterocycles. The van der Waals surface area contributed by atoms with Gasteiger partial charge in [0.05, 0.1) is 0 Å². The van der Waals surface area contributed by atoms with Gasteiger partial charge in [0.1, 0.15) is 6.04 Å². The molecule has 0 aliphatic carbocycles. The maximum absolute atomic E-state index is 10.5. The third-order valence-corrected chi connectivity index (χ3v) is 1.92. The maximum Gasteiger partial charge on any atom is 0.236 e. The highest BCUT2D eigenvalue weighted by molar-refractivity contribution is 6.15. The van der Waals surface area contributed by atoms with Crippen molar-refractivity contribution in [2.45, 2.75) is 18.9 Å². The van der Waals surface area contributed by atoms with Crippen molar-refractivity contribution in [2.75, 3.05) is 6.54 Å². The zero-order valence-corrected chi connectivity index (χ0v) is 5.77. The van der Waals surface area contributed by atoms with E-state index in [0.29, 0.717) is 0 Å². The smallest absolute Gasteiger partial charge is 0.236 e. The maximum atomic E-state index is 10.5. The lowest BCUT2D eigenvalue weighted by Crippen LogP contribution is -2.34. The molecule has 1 atom stereocenters. The second kappa shape index (κ2) is 2.54. The van der Waals surface area contributed by atoms with Gasteiger partial charge in [0.25, 0.3) is 0 Å². The molecule has 0 aromatic heterocycles. The second-order valence-corrected chi connectivity index (χ2v) is 2.62. The summed E-state index contributed by atoms with van der Waals surface area (Å²) in [4.78, 5) is 10.5. The predicted octanol–water partition coefficient (Wildman–Crippen LogP) is 0.0899. The molecule has 0 saturated carbocycles. The van der Waals surface area contributed by atoms with E-state index in [2.05, 4.69) is 0 Å². The first kappa shape index (κ1) is 6.83. The molecular formula is C5H9ClN2O. The van der Waals surface area contributed by atoms with Crippen LogP contribution in [-0.4, -0.2) is 22.9 Å². The minimum atomic E-state index is -0.317. The Bertz CT molecular complexity index is 128. The number of primary amides is 1. The molecule has 4 heteroatoms. The summed E-state index contributed by atoms with van der Waals surface area (Å²) in [5, 5.41) is 0. The number of nitrogens with two attached hydrogens (primary N) is 1. The van der Waals surface area contributed by atoms with Gasteiger partial charge in [-0.25, -0.2) is 4.42 Å². The average Bonchev–Trinajstić information content (AvgIpc) is 2.13. The Morgan fingerprint density at radius 1 is 1.78 bits per heavy atom. The van der Waals surface area contributed by atoms with Gasteiger partial charge in [-0.05, 0) is 24.6 Å². The fourth-order valence-corrected chi connectivity index (χ4v) is 1.33. The van der Waals surface area contributed by atoms with E-state index < -0.39 is 0 Å².